The van der Waals surface area contributed by atoms with Crippen LogP contribution in [-0.2, 0) is 23.0 Å². The predicted molar refractivity (Wildman–Crippen MR) is 110 cm³/mol. The molecule has 0 amide bonds. The number of anilines is 1. The first-order valence-corrected chi connectivity index (χ1v) is 10.7. The number of ether oxygens (including phenoxy) is 1. The fourth-order valence-corrected chi connectivity index (χ4v) is 4.45. The zero-order valence-electron chi connectivity index (χ0n) is 15.5. The van der Waals surface area contributed by atoms with Crippen LogP contribution in [0.25, 0.3) is 10.9 Å². The lowest BCUT2D eigenvalue weighted by Crippen LogP contribution is -2.28. The summed E-state index contributed by atoms with van der Waals surface area (Å²) < 4.78 is 28.5. The third-order valence-electron chi connectivity index (χ3n) is 5.13. The highest BCUT2D eigenvalue weighted by molar-refractivity contribution is 7.89. The van der Waals surface area contributed by atoms with Gasteiger partial charge in [0.05, 0.1) is 17.5 Å². The van der Waals surface area contributed by atoms with Gasteiger partial charge in [-0.15, -0.1) is 0 Å². The van der Waals surface area contributed by atoms with Crippen LogP contribution in [0.3, 0.4) is 0 Å². The molecule has 2 aromatic carbocycles. The Kier molecular flexibility index (Phi) is 4.69. The van der Waals surface area contributed by atoms with Crippen molar-refractivity contribution in [3.8, 4) is 5.75 Å². The Morgan fingerprint density at radius 3 is 2.75 bits per heavy atom. The van der Waals surface area contributed by atoms with E-state index >= 15 is 0 Å². The number of hydrogen-bond acceptors (Lipinski definition) is 5. The minimum absolute atomic E-state index is 0.139. The van der Waals surface area contributed by atoms with Gasteiger partial charge >= 0.3 is 0 Å². The van der Waals surface area contributed by atoms with Gasteiger partial charge in [-0.2, -0.15) is 0 Å². The second-order valence-corrected chi connectivity index (χ2v) is 8.93. The van der Waals surface area contributed by atoms with E-state index in [-0.39, 0.29) is 10.9 Å². The number of primary sulfonamides is 1. The molecule has 0 spiro atoms. The first-order chi connectivity index (χ1) is 13.3. The number of fused-ring (bicyclic) bond motifs is 2. The SMILES string of the molecule is COc1ccc2cc(CN3c4ccc(S(N)(=O)=O)cc4CC3C)c(Cl)nc2c1. The Bertz CT molecular complexity index is 1180. The molecular formula is C20H20ClN3O3S. The van der Waals surface area contributed by atoms with Gasteiger partial charge in [0.15, 0.2) is 0 Å². The first kappa shape index (κ1) is 19.0. The Morgan fingerprint density at radius 2 is 2.04 bits per heavy atom. The van der Waals surface area contributed by atoms with Crippen molar-refractivity contribution >= 4 is 38.2 Å². The largest absolute Gasteiger partial charge is 0.497 e. The summed E-state index contributed by atoms with van der Waals surface area (Å²) in [4.78, 5) is 6.86. The highest BCUT2D eigenvalue weighted by Crippen LogP contribution is 2.36. The number of nitrogens with two attached hydrogens (primary N) is 1. The molecule has 1 unspecified atom stereocenters. The molecule has 6 nitrogen and oxygen atoms in total. The molecule has 0 radical (unpaired) electrons. The quantitative estimate of drug-likeness (QED) is 0.656. The van der Waals surface area contributed by atoms with Gasteiger partial charge < -0.3 is 9.64 Å². The minimum Gasteiger partial charge on any atom is -0.497 e. The summed E-state index contributed by atoms with van der Waals surface area (Å²) in [6, 6.07) is 13.0. The number of halogens is 1. The third-order valence-corrected chi connectivity index (χ3v) is 6.37. The van der Waals surface area contributed by atoms with Crippen molar-refractivity contribution in [3.05, 3.63) is 58.7 Å². The van der Waals surface area contributed by atoms with Crippen LogP contribution < -0.4 is 14.8 Å². The Morgan fingerprint density at radius 1 is 1.25 bits per heavy atom. The number of sulfonamides is 1. The van der Waals surface area contributed by atoms with Crippen LogP contribution >= 0.6 is 11.6 Å². The molecule has 1 aliphatic heterocycles. The fraction of sp³-hybridized carbons (Fsp3) is 0.250. The van der Waals surface area contributed by atoms with Crippen molar-refractivity contribution in [3.63, 3.8) is 0 Å². The molecule has 0 bridgehead atoms. The summed E-state index contributed by atoms with van der Waals surface area (Å²) in [5, 5.41) is 6.69. The minimum atomic E-state index is -3.71. The van der Waals surface area contributed by atoms with Crippen molar-refractivity contribution in [2.75, 3.05) is 12.0 Å². The molecule has 1 aliphatic rings. The van der Waals surface area contributed by atoms with Gasteiger partial charge in [-0.25, -0.2) is 18.5 Å². The van der Waals surface area contributed by atoms with E-state index < -0.39 is 10.0 Å². The summed E-state index contributed by atoms with van der Waals surface area (Å²) in [5.74, 6) is 0.733. The maximum absolute atomic E-state index is 11.6. The highest BCUT2D eigenvalue weighted by Gasteiger charge is 2.28. The van der Waals surface area contributed by atoms with Gasteiger partial charge in [0, 0.05) is 35.3 Å². The molecule has 0 aliphatic carbocycles. The predicted octanol–water partition coefficient (Wildman–Crippen LogP) is 3.50. The van der Waals surface area contributed by atoms with E-state index in [4.69, 9.17) is 21.5 Å². The number of methoxy groups -OCH3 is 1. The number of rotatable bonds is 4. The van der Waals surface area contributed by atoms with Crippen molar-refractivity contribution in [2.45, 2.75) is 30.8 Å². The number of aromatic nitrogens is 1. The molecule has 1 aromatic heterocycles. The summed E-state index contributed by atoms with van der Waals surface area (Å²) in [5.41, 5.74) is 3.65. The lowest BCUT2D eigenvalue weighted by atomic mass is 10.1. The van der Waals surface area contributed by atoms with Gasteiger partial charge in [0.1, 0.15) is 10.9 Å². The highest BCUT2D eigenvalue weighted by atomic mass is 35.5. The van der Waals surface area contributed by atoms with E-state index in [1.165, 1.54) is 0 Å². The third kappa shape index (κ3) is 3.41. The first-order valence-electron chi connectivity index (χ1n) is 8.82. The van der Waals surface area contributed by atoms with E-state index in [0.717, 1.165) is 39.9 Å². The van der Waals surface area contributed by atoms with Gasteiger partial charge in [-0.05, 0) is 55.3 Å². The van der Waals surface area contributed by atoms with Gasteiger partial charge in [-0.3, -0.25) is 0 Å². The lowest BCUT2D eigenvalue weighted by molar-refractivity contribution is 0.415. The van der Waals surface area contributed by atoms with Crippen LogP contribution in [-0.4, -0.2) is 26.6 Å². The molecule has 2 heterocycles. The van der Waals surface area contributed by atoms with E-state index in [1.807, 2.05) is 30.3 Å². The number of nitrogens with zero attached hydrogens (tertiary/aromatic N) is 2. The van der Waals surface area contributed by atoms with Crippen LogP contribution in [0.4, 0.5) is 5.69 Å². The number of pyridine rings is 1. The van der Waals surface area contributed by atoms with Crippen molar-refractivity contribution in [2.24, 2.45) is 5.14 Å². The average Bonchev–Trinajstić information content (AvgIpc) is 2.95. The fourth-order valence-electron chi connectivity index (χ4n) is 3.68. The summed E-state index contributed by atoms with van der Waals surface area (Å²) >= 11 is 6.46. The van der Waals surface area contributed by atoms with Crippen molar-refractivity contribution in [1.29, 1.82) is 0 Å². The normalized spacial score (nSPS) is 16.4. The van der Waals surface area contributed by atoms with Gasteiger partial charge in [-0.1, -0.05) is 11.6 Å². The van der Waals surface area contributed by atoms with Gasteiger partial charge in [0.2, 0.25) is 10.0 Å². The molecular weight excluding hydrogens is 398 g/mol. The molecule has 0 fully saturated rings. The zero-order chi connectivity index (χ0) is 20.1. The Labute approximate surface area is 168 Å². The second kappa shape index (κ2) is 6.92. The summed E-state index contributed by atoms with van der Waals surface area (Å²) in [7, 11) is -2.10. The monoisotopic (exact) mass is 417 g/mol. The van der Waals surface area contributed by atoms with Crippen LogP contribution in [0.2, 0.25) is 5.15 Å². The zero-order valence-corrected chi connectivity index (χ0v) is 17.1. The van der Waals surface area contributed by atoms with Crippen molar-refractivity contribution in [1.82, 2.24) is 4.98 Å². The topological polar surface area (TPSA) is 85.5 Å². The second-order valence-electron chi connectivity index (χ2n) is 7.01. The molecule has 146 valence electrons. The van der Waals surface area contributed by atoms with E-state index in [2.05, 4.69) is 16.8 Å². The molecule has 2 N–H and O–H groups in total. The summed E-state index contributed by atoms with van der Waals surface area (Å²) in [6.45, 7) is 2.68. The van der Waals surface area contributed by atoms with Gasteiger partial charge in [0.25, 0.3) is 0 Å². The smallest absolute Gasteiger partial charge is 0.238 e. The average molecular weight is 418 g/mol. The standard InChI is InChI=1S/C20H20ClN3O3S/c1-12-7-14-9-17(28(22,25)26)5-6-19(14)24(12)11-15-8-13-3-4-16(27-2)10-18(13)23-20(15)21/h3-6,8-10,12H,7,11H2,1-2H3,(H2,22,25,26). The summed E-state index contributed by atoms with van der Waals surface area (Å²) in [6.07, 6.45) is 0.745. The van der Waals surface area contributed by atoms with E-state index in [9.17, 15) is 8.42 Å². The maximum atomic E-state index is 11.6. The molecule has 0 saturated carbocycles. The molecule has 3 aromatic rings. The van der Waals surface area contributed by atoms with Crippen LogP contribution in [0.5, 0.6) is 5.75 Å². The van der Waals surface area contributed by atoms with Crippen LogP contribution in [0.1, 0.15) is 18.1 Å². The molecule has 0 saturated heterocycles. The van der Waals surface area contributed by atoms with Crippen molar-refractivity contribution < 1.29 is 13.2 Å². The molecule has 28 heavy (non-hydrogen) atoms. The Balaban J connectivity index is 1.69. The Hall–Kier alpha value is -2.35. The van der Waals surface area contributed by atoms with E-state index in [1.54, 1.807) is 19.2 Å². The number of benzene rings is 2. The molecule has 1 atom stereocenters. The number of hydrogen-bond donors (Lipinski definition) is 1. The molecule has 8 heteroatoms. The lowest BCUT2D eigenvalue weighted by Gasteiger charge is -2.25. The molecule has 4 rings (SSSR count). The van der Waals surface area contributed by atoms with Crippen LogP contribution in [0.15, 0.2) is 47.4 Å². The van der Waals surface area contributed by atoms with E-state index in [0.29, 0.717) is 11.7 Å². The van der Waals surface area contributed by atoms with Crippen LogP contribution in [0, 0.1) is 0 Å². The maximum Gasteiger partial charge on any atom is 0.238 e.